The topological polar surface area (TPSA) is 202 Å². The number of hydrogen-bond acceptors (Lipinski definition) is 13. The average Bonchev–Trinajstić information content (AvgIpc) is 3.36. The smallest absolute Gasteiger partial charge is 0.306 e. The van der Waals surface area contributed by atoms with E-state index in [0.717, 1.165) is 77.0 Å². The molecule has 6 N–H and O–H groups in total. The molecule has 10 atom stereocenters. The van der Waals surface area contributed by atoms with Crippen molar-refractivity contribution in [2.45, 2.75) is 333 Å². The fraction of sp³-hybridized carbons (Fsp3) is 0.966. The Bertz CT molecular complexity index is 1130. The predicted molar refractivity (Wildman–Crippen MR) is 281 cm³/mol. The molecule has 0 aromatic rings. The Morgan fingerprint density at radius 3 is 0.845 bits per heavy atom. The number of aliphatic hydroxyl groups excluding tert-OH is 6. The van der Waals surface area contributed by atoms with Crippen LogP contribution in [0.4, 0.5) is 0 Å². The van der Waals surface area contributed by atoms with Gasteiger partial charge in [0.15, 0.2) is 12.6 Å². The van der Waals surface area contributed by atoms with Crippen molar-refractivity contribution in [3.63, 3.8) is 0 Å². The van der Waals surface area contributed by atoms with Crippen LogP contribution in [0, 0.1) is 11.8 Å². The summed E-state index contributed by atoms with van der Waals surface area (Å²) in [6.45, 7) is 8.07. The van der Waals surface area contributed by atoms with Crippen LogP contribution in [-0.4, -0.2) is 117 Å². The first kappa shape index (κ1) is 65.7. The van der Waals surface area contributed by atoms with Crippen LogP contribution in [0.2, 0.25) is 0 Å². The van der Waals surface area contributed by atoms with E-state index in [-0.39, 0.29) is 24.7 Å². The number of rotatable bonds is 46. The molecule has 2 aliphatic heterocycles. The molecule has 2 aliphatic rings. The number of carbonyl (C=O) groups excluding carboxylic acids is 2. The summed E-state index contributed by atoms with van der Waals surface area (Å²) in [4.78, 5) is 26.6. The van der Waals surface area contributed by atoms with Crippen LogP contribution in [0.1, 0.15) is 272 Å². The number of aliphatic hydroxyl groups is 6. The summed E-state index contributed by atoms with van der Waals surface area (Å²) < 4.78 is 28.8. The van der Waals surface area contributed by atoms with Crippen molar-refractivity contribution >= 4 is 11.9 Å². The summed E-state index contributed by atoms with van der Waals surface area (Å²) in [5.74, 6) is -0.529. The minimum absolute atomic E-state index is 0.170. The fourth-order valence-corrected chi connectivity index (χ4v) is 10.4. The van der Waals surface area contributed by atoms with E-state index in [2.05, 4.69) is 27.7 Å². The van der Waals surface area contributed by atoms with Gasteiger partial charge < -0.3 is 54.3 Å². The molecule has 71 heavy (non-hydrogen) atoms. The van der Waals surface area contributed by atoms with Gasteiger partial charge in [-0.1, -0.05) is 233 Å². The van der Waals surface area contributed by atoms with E-state index in [0.29, 0.717) is 0 Å². The zero-order valence-corrected chi connectivity index (χ0v) is 45.8. The summed E-state index contributed by atoms with van der Waals surface area (Å²) in [6, 6.07) is 0. The zero-order chi connectivity index (χ0) is 51.9. The van der Waals surface area contributed by atoms with Gasteiger partial charge in [0.25, 0.3) is 0 Å². The van der Waals surface area contributed by atoms with E-state index in [4.69, 9.17) is 23.7 Å². The lowest BCUT2D eigenvalue weighted by Crippen LogP contribution is -2.64. The lowest BCUT2D eigenvalue weighted by Gasteiger charge is -2.44. The van der Waals surface area contributed by atoms with Crippen LogP contribution in [0.3, 0.4) is 0 Å². The van der Waals surface area contributed by atoms with E-state index >= 15 is 0 Å². The van der Waals surface area contributed by atoms with Crippen molar-refractivity contribution in [2.24, 2.45) is 11.8 Å². The third kappa shape index (κ3) is 30.1. The van der Waals surface area contributed by atoms with Crippen molar-refractivity contribution < 1.29 is 63.9 Å². The van der Waals surface area contributed by atoms with Crippen LogP contribution in [-0.2, 0) is 33.3 Å². The molecule has 0 aliphatic carbocycles. The van der Waals surface area contributed by atoms with E-state index in [1.54, 1.807) is 0 Å². The Morgan fingerprint density at radius 2 is 0.592 bits per heavy atom. The summed E-state index contributed by atoms with van der Waals surface area (Å²) in [5.41, 5.74) is 0. The van der Waals surface area contributed by atoms with Crippen molar-refractivity contribution in [3.05, 3.63) is 0 Å². The Balaban J connectivity index is 1.96. The lowest BCUT2D eigenvalue weighted by molar-refractivity contribution is -0.376. The third-order valence-corrected chi connectivity index (χ3v) is 15.2. The molecular weight excluding hydrogens is 905 g/mol. The van der Waals surface area contributed by atoms with Gasteiger partial charge >= 0.3 is 11.9 Å². The van der Waals surface area contributed by atoms with Crippen molar-refractivity contribution in [2.75, 3.05) is 13.2 Å². The van der Waals surface area contributed by atoms with Gasteiger partial charge in [0.05, 0.1) is 0 Å². The second kappa shape index (κ2) is 42.8. The summed E-state index contributed by atoms with van der Waals surface area (Å²) in [7, 11) is 0. The number of unbranched alkanes of at least 4 members (excludes halogenated alkanes) is 28. The number of esters is 2. The fourth-order valence-electron chi connectivity index (χ4n) is 10.4. The SMILES string of the molecule is CCCCCCCCCCC(CCCCCCCCCC)CC(=O)OCC1O[C@H](O[C@H]2OC(COC(=O)CC(CCCCCCCCCC)CCCCCCCCCC)[C@@H](O)[C@H](O)C2O)C(O)[C@@H](O)[C@@H]1O. The highest BCUT2D eigenvalue weighted by Crippen LogP contribution is 2.30. The van der Waals surface area contributed by atoms with Gasteiger partial charge in [-0.05, 0) is 37.5 Å². The van der Waals surface area contributed by atoms with E-state index in [1.807, 2.05) is 0 Å². The Labute approximate surface area is 432 Å². The molecule has 0 saturated carbocycles. The monoisotopic (exact) mass is 1010 g/mol. The first-order valence-corrected chi connectivity index (χ1v) is 29.8. The molecule has 0 aromatic heterocycles. The van der Waals surface area contributed by atoms with Crippen LogP contribution in [0.25, 0.3) is 0 Å². The highest BCUT2D eigenvalue weighted by molar-refractivity contribution is 5.70. The quantitative estimate of drug-likeness (QED) is 0.0249. The molecule has 0 radical (unpaired) electrons. The molecule has 13 nitrogen and oxygen atoms in total. The lowest BCUT2D eigenvalue weighted by atomic mass is 9.91. The molecule has 2 saturated heterocycles. The van der Waals surface area contributed by atoms with Crippen molar-refractivity contribution in [3.8, 4) is 0 Å². The molecule has 420 valence electrons. The minimum Gasteiger partial charge on any atom is -0.463 e. The molecule has 2 heterocycles. The highest BCUT2D eigenvalue weighted by atomic mass is 16.8. The standard InChI is InChI=1S/C58H110O13/c1-5-9-13-17-21-25-29-33-37-45(38-34-30-26-22-18-14-10-6-2)41-49(59)67-43-47-51(61)53(63)55(65)57(69-47)71-58-56(66)54(64)52(62)48(70-58)44-68-50(60)42-46(39-35-31-27-23-19-15-11-7-3)40-36-32-28-24-20-16-12-8-4/h45-48,51-58,61-66H,5-44H2,1-4H3/t47?,48?,51-,52-,53+,54+,55?,56?,57-,58-/m1/s1. The highest BCUT2D eigenvalue weighted by Gasteiger charge is 2.50. The van der Waals surface area contributed by atoms with E-state index in [1.165, 1.54) is 154 Å². The zero-order valence-electron chi connectivity index (χ0n) is 45.8. The maximum absolute atomic E-state index is 13.3. The molecule has 0 aromatic carbocycles. The predicted octanol–water partition coefficient (Wildman–Crippen LogP) is 11.8. The Hall–Kier alpha value is -1.42. The third-order valence-electron chi connectivity index (χ3n) is 15.2. The largest absolute Gasteiger partial charge is 0.463 e. The molecule has 0 spiro atoms. The normalized spacial score (nSPS) is 24.8. The van der Waals surface area contributed by atoms with Crippen LogP contribution in [0.5, 0.6) is 0 Å². The van der Waals surface area contributed by atoms with Gasteiger partial charge in [0.1, 0.15) is 62.0 Å². The summed E-state index contributed by atoms with van der Waals surface area (Å²) in [6.07, 6.45) is 26.6. The Morgan fingerprint density at radius 1 is 0.352 bits per heavy atom. The van der Waals surface area contributed by atoms with Crippen molar-refractivity contribution in [1.82, 2.24) is 0 Å². The first-order valence-electron chi connectivity index (χ1n) is 29.8. The average molecular weight is 1020 g/mol. The minimum atomic E-state index is -1.81. The number of carbonyl (C=O) groups is 2. The Kier molecular flexibility index (Phi) is 39.6. The number of ether oxygens (including phenoxy) is 5. The van der Waals surface area contributed by atoms with Crippen molar-refractivity contribution in [1.29, 1.82) is 0 Å². The molecule has 4 unspecified atom stereocenters. The van der Waals surface area contributed by atoms with Gasteiger partial charge in [-0.15, -0.1) is 0 Å². The van der Waals surface area contributed by atoms with Gasteiger partial charge in [-0.3, -0.25) is 9.59 Å². The molecule has 0 bridgehead atoms. The summed E-state index contributed by atoms with van der Waals surface area (Å²) >= 11 is 0. The van der Waals surface area contributed by atoms with Crippen LogP contribution >= 0.6 is 0 Å². The molecular formula is C58H110O13. The van der Waals surface area contributed by atoms with Gasteiger partial charge in [-0.25, -0.2) is 0 Å². The molecule has 13 heteroatoms. The molecule has 2 rings (SSSR count). The van der Waals surface area contributed by atoms with E-state index < -0.39 is 86.6 Å². The van der Waals surface area contributed by atoms with Crippen LogP contribution in [0.15, 0.2) is 0 Å². The molecule has 2 fully saturated rings. The van der Waals surface area contributed by atoms with Crippen LogP contribution < -0.4 is 0 Å². The van der Waals surface area contributed by atoms with Gasteiger partial charge in [0, 0.05) is 12.8 Å². The molecule has 0 amide bonds. The van der Waals surface area contributed by atoms with E-state index in [9.17, 15) is 40.2 Å². The second-order valence-corrected chi connectivity index (χ2v) is 21.7. The maximum atomic E-state index is 13.3. The van der Waals surface area contributed by atoms with Gasteiger partial charge in [0.2, 0.25) is 0 Å². The maximum Gasteiger partial charge on any atom is 0.306 e. The summed E-state index contributed by atoms with van der Waals surface area (Å²) in [5, 5.41) is 65.3. The van der Waals surface area contributed by atoms with Gasteiger partial charge in [-0.2, -0.15) is 0 Å². The number of hydrogen-bond donors (Lipinski definition) is 6. The first-order chi connectivity index (χ1) is 34.5. The second-order valence-electron chi connectivity index (χ2n) is 21.7.